The smallest absolute Gasteiger partial charge is 0.151 e. The molecular weight excluding hydrogens is 337 g/mol. The van der Waals surface area contributed by atoms with Gasteiger partial charge in [0.1, 0.15) is 13.7 Å². The maximum absolute atomic E-state index is 14.8. The van der Waals surface area contributed by atoms with Gasteiger partial charge in [-0.2, -0.15) is 11.3 Å². The summed E-state index contributed by atoms with van der Waals surface area (Å²) in [4.78, 5) is 1.06. The zero-order valence-electron chi connectivity index (χ0n) is 16.2. The van der Waals surface area contributed by atoms with E-state index in [2.05, 4.69) is 27.8 Å². The van der Waals surface area contributed by atoms with Crippen LogP contribution in [0.25, 0.3) is 10.4 Å². The second kappa shape index (κ2) is 7.92. The Hall–Kier alpha value is -1.02. The van der Waals surface area contributed by atoms with E-state index in [1.54, 1.807) is 11.3 Å². The number of hydrogen-bond acceptors (Lipinski definition) is 1. The van der Waals surface area contributed by atoms with Crippen LogP contribution in [-0.2, 0) is 0 Å². The molecule has 2 aromatic rings. The molecule has 2 saturated carbocycles. The largest absolute Gasteiger partial charge is 0.206 e. The third kappa shape index (κ3) is 3.81. The van der Waals surface area contributed by atoms with Gasteiger partial charge in [0.05, 0.1) is 0 Å². The molecular formula is C22H29B2FS. The highest BCUT2D eigenvalue weighted by Crippen LogP contribution is 2.43. The summed E-state index contributed by atoms with van der Waals surface area (Å²) in [5.74, 6) is 2.44. The van der Waals surface area contributed by atoms with Gasteiger partial charge in [0.25, 0.3) is 0 Å². The van der Waals surface area contributed by atoms with Gasteiger partial charge >= 0.3 is 0 Å². The molecule has 2 fully saturated rings. The van der Waals surface area contributed by atoms with E-state index in [9.17, 15) is 4.39 Å². The van der Waals surface area contributed by atoms with Gasteiger partial charge in [0.2, 0.25) is 0 Å². The molecule has 26 heavy (non-hydrogen) atoms. The van der Waals surface area contributed by atoms with Gasteiger partial charge in [0, 0.05) is 10.4 Å². The van der Waals surface area contributed by atoms with Crippen molar-refractivity contribution in [1.82, 2.24) is 0 Å². The molecule has 2 aliphatic carbocycles. The molecule has 2 aliphatic rings. The van der Waals surface area contributed by atoms with Gasteiger partial charge in [-0.05, 0) is 59.8 Å². The van der Waals surface area contributed by atoms with Crippen LogP contribution < -0.4 is 10.2 Å². The summed E-state index contributed by atoms with van der Waals surface area (Å²) in [6.07, 6.45) is 12.4. The van der Waals surface area contributed by atoms with Crippen molar-refractivity contribution in [2.45, 2.75) is 63.7 Å². The van der Waals surface area contributed by atoms with Crippen LogP contribution >= 0.6 is 11.3 Å². The third-order valence-corrected chi connectivity index (χ3v) is 8.17. The molecule has 1 aromatic carbocycles. The fourth-order valence-electron chi connectivity index (χ4n) is 5.22. The van der Waals surface area contributed by atoms with Gasteiger partial charge in [0.15, 0.2) is 7.85 Å². The maximum atomic E-state index is 14.8. The van der Waals surface area contributed by atoms with Crippen LogP contribution in [0.2, 0.25) is 0 Å². The minimum Gasteiger partial charge on any atom is -0.206 e. The van der Waals surface area contributed by atoms with E-state index < -0.39 is 0 Å². The lowest BCUT2D eigenvalue weighted by atomic mass is 9.70. The van der Waals surface area contributed by atoms with Gasteiger partial charge in [-0.25, -0.2) is 4.39 Å². The monoisotopic (exact) mass is 366 g/mol. The van der Waals surface area contributed by atoms with Gasteiger partial charge in [-0.15, -0.1) is 0 Å². The van der Waals surface area contributed by atoms with Crippen LogP contribution in [0.1, 0.15) is 69.3 Å². The molecule has 0 N–H and O–H groups in total. The third-order valence-electron chi connectivity index (χ3n) is 6.98. The molecule has 0 amide bonds. The first-order valence-corrected chi connectivity index (χ1v) is 11.3. The molecule has 0 bridgehead atoms. The predicted molar refractivity (Wildman–Crippen MR) is 117 cm³/mol. The molecule has 4 heteroatoms. The average Bonchev–Trinajstić information content (AvgIpc) is 3.01. The van der Waals surface area contributed by atoms with Crippen molar-refractivity contribution in [3.63, 3.8) is 0 Å². The fraction of sp³-hybridized carbons (Fsp3) is 0.545. The number of benzene rings is 1. The zero-order chi connectivity index (χ0) is 18.1. The number of halogens is 1. The highest BCUT2D eigenvalue weighted by Gasteiger charge is 2.29. The molecule has 0 spiro atoms. The fourth-order valence-corrected chi connectivity index (χ4v) is 6.28. The molecule has 0 atom stereocenters. The zero-order valence-corrected chi connectivity index (χ0v) is 17.0. The van der Waals surface area contributed by atoms with E-state index >= 15 is 0 Å². The standard InChI is InChI=1S/C22H29B2FS/c23-19-13-21(26-22(19)24)18-11-10-17(12-20(18)25)16-8-6-15(7-9-16)14-4-2-1-3-5-14/h10-16H,1-9,23-24H2. The summed E-state index contributed by atoms with van der Waals surface area (Å²) in [6, 6.07) is 8.15. The molecule has 0 radical (unpaired) electrons. The molecule has 0 saturated heterocycles. The topological polar surface area (TPSA) is 0 Å². The summed E-state index contributed by atoms with van der Waals surface area (Å²) in [6.45, 7) is 0. The molecule has 4 rings (SSSR count). The molecule has 0 aliphatic heterocycles. The van der Waals surface area contributed by atoms with E-state index in [1.807, 2.05) is 12.1 Å². The minimum absolute atomic E-state index is 0.0434. The molecule has 0 unspecified atom stereocenters. The van der Waals surface area contributed by atoms with Crippen molar-refractivity contribution in [2.24, 2.45) is 11.8 Å². The molecule has 0 nitrogen and oxygen atoms in total. The second-order valence-corrected chi connectivity index (χ2v) is 9.86. The Morgan fingerprint density at radius 1 is 0.846 bits per heavy atom. The lowest BCUT2D eigenvalue weighted by Crippen LogP contribution is -2.23. The van der Waals surface area contributed by atoms with Crippen LogP contribution in [-0.4, -0.2) is 15.7 Å². The van der Waals surface area contributed by atoms with Crippen molar-refractivity contribution in [1.29, 1.82) is 0 Å². The maximum Gasteiger partial charge on any atom is 0.151 e. The van der Waals surface area contributed by atoms with Crippen molar-refractivity contribution in [3.8, 4) is 10.4 Å². The normalized spacial score (nSPS) is 24.7. The first-order chi connectivity index (χ1) is 12.6. The Bertz CT molecular complexity index is 736. The van der Waals surface area contributed by atoms with Crippen molar-refractivity contribution in [2.75, 3.05) is 0 Å². The van der Waals surface area contributed by atoms with Crippen LogP contribution in [0.4, 0.5) is 4.39 Å². The Morgan fingerprint density at radius 2 is 1.54 bits per heavy atom. The van der Waals surface area contributed by atoms with E-state index in [1.165, 1.54) is 73.6 Å². The number of thiophene rings is 1. The van der Waals surface area contributed by atoms with Crippen molar-refractivity contribution < 1.29 is 4.39 Å². The second-order valence-electron chi connectivity index (χ2n) is 8.60. The van der Waals surface area contributed by atoms with Crippen LogP contribution in [0, 0.1) is 17.7 Å². The Balaban J connectivity index is 1.43. The SMILES string of the molecule is Bc1cc(-c2ccc(C3CCC(C4CCCCC4)CC3)cc2F)sc1B. The summed E-state index contributed by atoms with van der Waals surface area (Å²) in [7, 11) is 4.22. The van der Waals surface area contributed by atoms with Gasteiger partial charge in [-0.1, -0.05) is 55.8 Å². The quantitative estimate of drug-likeness (QED) is 0.723. The number of hydrogen-bond donors (Lipinski definition) is 0. The van der Waals surface area contributed by atoms with E-state index in [4.69, 9.17) is 0 Å². The average molecular weight is 366 g/mol. The predicted octanol–water partition coefficient (Wildman–Crippen LogP) is 3.93. The summed E-state index contributed by atoms with van der Waals surface area (Å²) >= 11 is 1.70. The lowest BCUT2D eigenvalue weighted by Gasteiger charge is -2.36. The van der Waals surface area contributed by atoms with Crippen molar-refractivity contribution in [3.05, 3.63) is 35.6 Å². The van der Waals surface area contributed by atoms with Crippen LogP contribution in [0.5, 0.6) is 0 Å². The highest BCUT2D eigenvalue weighted by atomic mass is 32.1. The Kier molecular flexibility index (Phi) is 5.59. The van der Waals surface area contributed by atoms with E-state index in [0.717, 1.165) is 22.3 Å². The first-order valence-electron chi connectivity index (χ1n) is 10.5. The molecule has 136 valence electrons. The van der Waals surface area contributed by atoms with Crippen LogP contribution in [0.15, 0.2) is 24.3 Å². The lowest BCUT2D eigenvalue weighted by molar-refractivity contribution is 0.186. The van der Waals surface area contributed by atoms with Gasteiger partial charge in [-0.3, -0.25) is 0 Å². The summed E-state index contributed by atoms with van der Waals surface area (Å²) < 4.78 is 16.1. The van der Waals surface area contributed by atoms with E-state index in [0.29, 0.717) is 5.92 Å². The number of rotatable bonds is 3. The van der Waals surface area contributed by atoms with Crippen molar-refractivity contribution >= 4 is 37.3 Å². The Morgan fingerprint density at radius 3 is 2.15 bits per heavy atom. The molecule has 1 heterocycles. The molecule has 1 aromatic heterocycles. The summed E-state index contributed by atoms with van der Waals surface area (Å²) in [5, 5.41) is 0. The highest BCUT2D eigenvalue weighted by molar-refractivity contribution is 7.24. The minimum atomic E-state index is -0.0434. The van der Waals surface area contributed by atoms with E-state index in [-0.39, 0.29) is 5.82 Å². The van der Waals surface area contributed by atoms with Gasteiger partial charge < -0.3 is 0 Å². The van der Waals surface area contributed by atoms with Crippen LogP contribution in [0.3, 0.4) is 0 Å². The first kappa shape index (κ1) is 18.3. The summed E-state index contributed by atoms with van der Waals surface area (Å²) in [5.41, 5.74) is 3.25. The Labute approximate surface area is 163 Å².